The Labute approximate surface area is 133 Å². The highest BCUT2D eigenvalue weighted by Crippen LogP contribution is 2.24. The van der Waals surface area contributed by atoms with E-state index in [2.05, 4.69) is 50.4 Å². The second-order valence-corrected chi connectivity index (χ2v) is 5.73. The Kier molecular flexibility index (Phi) is 5.70. The highest BCUT2D eigenvalue weighted by Gasteiger charge is 2.08. The minimum atomic E-state index is 0.0774. The third-order valence-electron chi connectivity index (χ3n) is 3.56. The number of hydrogen-bond donors (Lipinski definition) is 1. The third-order valence-corrected chi connectivity index (χ3v) is 3.56. The molecule has 1 N–H and O–H groups in total. The topological polar surface area (TPSA) is 30.5 Å². The van der Waals surface area contributed by atoms with E-state index in [-0.39, 0.29) is 6.10 Å². The molecule has 0 saturated carbocycles. The Bertz CT molecular complexity index is 578. The molecule has 0 aliphatic carbocycles. The molecular weight excluding hydrogens is 274 g/mol. The number of nitrogens with one attached hydrogen (secondary N) is 1. The van der Waals surface area contributed by atoms with Gasteiger partial charge in [0.15, 0.2) is 0 Å². The summed E-state index contributed by atoms with van der Waals surface area (Å²) in [5.41, 5.74) is 2.52. The molecule has 0 bridgehead atoms. The minimum Gasteiger partial charge on any atom is -0.497 e. The maximum atomic E-state index is 5.92. The van der Waals surface area contributed by atoms with Crippen molar-refractivity contribution >= 4 is 5.69 Å². The molecule has 0 amide bonds. The van der Waals surface area contributed by atoms with Crippen LogP contribution >= 0.6 is 0 Å². The van der Waals surface area contributed by atoms with Crippen LogP contribution in [0.25, 0.3) is 0 Å². The van der Waals surface area contributed by atoms with Gasteiger partial charge in [-0.2, -0.15) is 0 Å². The number of methoxy groups -OCH3 is 1. The van der Waals surface area contributed by atoms with E-state index >= 15 is 0 Å². The maximum Gasteiger partial charge on any atom is 0.120 e. The van der Waals surface area contributed by atoms with Crippen LogP contribution in [0.1, 0.15) is 32.3 Å². The summed E-state index contributed by atoms with van der Waals surface area (Å²) in [7, 11) is 1.66. The second-order valence-electron chi connectivity index (χ2n) is 5.73. The Balaban J connectivity index is 1.91. The number of anilines is 1. The van der Waals surface area contributed by atoms with Gasteiger partial charge in [0.25, 0.3) is 0 Å². The first-order chi connectivity index (χ1) is 10.6. The fourth-order valence-electron chi connectivity index (χ4n) is 2.34. The molecule has 0 fully saturated rings. The van der Waals surface area contributed by atoms with E-state index in [1.807, 2.05) is 24.3 Å². The van der Waals surface area contributed by atoms with Crippen LogP contribution in [-0.4, -0.2) is 19.8 Å². The lowest BCUT2D eigenvalue weighted by molar-refractivity contribution is 0.234. The van der Waals surface area contributed by atoms with Crippen molar-refractivity contribution in [3.63, 3.8) is 0 Å². The molecule has 0 aliphatic heterocycles. The molecule has 0 aromatic heterocycles. The predicted octanol–water partition coefficient (Wildman–Crippen LogP) is 4.70. The van der Waals surface area contributed by atoms with E-state index in [0.717, 1.165) is 18.0 Å². The molecule has 118 valence electrons. The van der Waals surface area contributed by atoms with Crippen LogP contribution in [0, 0.1) is 0 Å². The molecule has 0 spiro atoms. The molecule has 0 heterocycles. The van der Waals surface area contributed by atoms with Gasteiger partial charge in [0.1, 0.15) is 17.6 Å². The first-order valence-corrected chi connectivity index (χ1v) is 7.73. The van der Waals surface area contributed by atoms with Crippen molar-refractivity contribution in [2.24, 2.45) is 0 Å². The Morgan fingerprint density at radius 3 is 2.18 bits per heavy atom. The maximum absolute atomic E-state index is 5.92. The van der Waals surface area contributed by atoms with Crippen molar-refractivity contribution in [3.8, 4) is 11.5 Å². The average Bonchev–Trinajstić information content (AvgIpc) is 2.54. The summed E-state index contributed by atoms with van der Waals surface area (Å²) in [6.45, 7) is 7.24. The van der Waals surface area contributed by atoms with Gasteiger partial charge >= 0.3 is 0 Å². The van der Waals surface area contributed by atoms with Gasteiger partial charge in [-0.3, -0.25) is 0 Å². The van der Waals surface area contributed by atoms with Gasteiger partial charge in [0.05, 0.1) is 13.7 Å². The number of benzene rings is 2. The van der Waals surface area contributed by atoms with E-state index in [4.69, 9.17) is 9.47 Å². The standard InChI is InChI=1S/C19H25NO2/c1-14(2)18-7-5-6-8-19(18)20-13-15(3)22-17-11-9-16(21-4)10-12-17/h5-12,14-15,20H,13H2,1-4H3. The van der Waals surface area contributed by atoms with Gasteiger partial charge in [-0.1, -0.05) is 32.0 Å². The Morgan fingerprint density at radius 1 is 0.909 bits per heavy atom. The molecule has 3 nitrogen and oxygen atoms in total. The van der Waals surface area contributed by atoms with E-state index in [0.29, 0.717) is 5.92 Å². The minimum absolute atomic E-state index is 0.0774. The normalized spacial score (nSPS) is 12.0. The third kappa shape index (κ3) is 4.42. The zero-order valence-electron chi connectivity index (χ0n) is 13.8. The number of hydrogen-bond acceptors (Lipinski definition) is 3. The number of ether oxygens (including phenoxy) is 2. The van der Waals surface area contributed by atoms with E-state index < -0.39 is 0 Å². The molecule has 0 radical (unpaired) electrons. The second kappa shape index (κ2) is 7.74. The first-order valence-electron chi connectivity index (χ1n) is 7.73. The molecule has 22 heavy (non-hydrogen) atoms. The Morgan fingerprint density at radius 2 is 1.55 bits per heavy atom. The molecule has 3 heteroatoms. The lowest BCUT2D eigenvalue weighted by atomic mass is 10.0. The summed E-state index contributed by atoms with van der Waals surface area (Å²) >= 11 is 0. The summed E-state index contributed by atoms with van der Waals surface area (Å²) in [6, 6.07) is 16.1. The first kappa shape index (κ1) is 16.2. The van der Waals surface area contributed by atoms with Gasteiger partial charge in [-0.15, -0.1) is 0 Å². The highest BCUT2D eigenvalue weighted by molar-refractivity contribution is 5.52. The van der Waals surface area contributed by atoms with Gasteiger partial charge in [0, 0.05) is 5.69 Å². The zero-order chi connectivity index (χ0) is 15.9. The summed E-state index contributed by atoms with van der Waals surface area (Å²) in [4.78, 5) is 0. The largest absolute Gasteiger partial charge is 0.497 e. The Hall–Kier alpha value is -2.16. The van der Waals surface area contributed by atoms with E-state index in [1.54, 1.807) is 7.11 Å². The van der Waals surface area contributed by atoms with Crippen LogP contribution < -0.4 is 14.8 Å². The molecule has 1 unspecified atom stereocenters. The van der Waals surface area contributed by atoms with Gasteiger partial charge < -0.3 is 14.8 Å². The zero-order valence-corrected chi connectivity index (χ0v) is 13.8. The average molecular weight is 299 g/mol. The van der Waals surface area contributed by atoms with Crippen molar-refractivity contribution in [3.05, 3.63) is 54.1 Å². The summed E-state index contributed by atoms with van der Waals surface area (Å²) in [5, 5.41) is 3.49. The fraction of sp³-hybridized carbons (Fsp3) is 0.368. The molecule has 2 aromatic rings. The quantitative estimate of drug-likeness (QED) is 0.804. The highest BCUT2D eigenvalue weighted by atomic mass is 16.5. The van der Waals surface area contributed by atoms with Crippen LogP contribution in [-0.2, 0) is 0 Å². The summed E-state index contributed by atoms with van der Waals surface area (Å²) in [5.74, 6) is 2.19. The number of para-hydroxylation sites is 1. The molecule has 1 atom stereocenters. The van der Waals surface area contributed by atoms with Gasteiger partial charge in [-0.05, 0) is 48.7 Å². The van der Waals surface area contributed by atoms with Gasteiger partial charge in [0.2, 0.25) is 0 Å². The van der Waals surface area contributed by atoms with Crippen LogP contribution in [0.4, 0.5) is 5.69 Å². The van der Waals surface area contributed by atoms with Crippen LogP contribution in [0.5, 0.6) is 11.5 Å². The molecule has 0 aliphatic rings. The fourth-order valence-corrected chi connectivity index (χ4v) is 2.34. The predicted molar refractivity (Wildman–Crippen MR) is 92.1 cm³/mol. The van der Waals surface area contributed by atoms with Crippen molar-refractivity contribution in [2.75, 3.05) is 19.0 Å². The van der Waals surface area contributed by atoms with Crippen molar-refractivity contribution < 1.29 is 9.47 Å². The van der Waals surface area contributed by atoms with Crippen LogP contribution in [0.2, 0.25) is 0 Å². The van der Waals surface area contributed by atoms with Crippen molar-refractivity contribution in [1.29, 1.82) is 0 Å². The van der Waals surface area contributed by atoms with Crippen LogP contribution in [0.15, 0.2) is 48.5 Å². The van der Waals surface area contributed by atoms with Crippen LogP contribution in [0.3, 0.4) is 0 Å². The summed E-state index contributed by atoms with van der Waals surface area (Å²) < 4.78 is 11.1. The lowest BCUT2D eigenvalue weighted by Gasteiger charge is -2.19. The molecule has 2 aromatic carbocycles. The number of rotatable bonds is 7. The lowest BCUT2D eigenvalue weighted by Crippen LogP contribution is -2.23. The van der Waals surface area contributed by atoms with E-state index in [9.17, 15) is 0 Å². The molecular formula is C19H25NO2. The smallest absolute Gasteiger partial charge is 0.120 e. The summed E-state index contributed by atoms with van der Waals surface area (Å²) in [6.07, 6.45) is 0.0774. The van der Waals surface area contributed by atoms with Gasteiger partial charge in [-0.25, -0.2) is 0 Å². The van der Waals surface area contributed by atoms with Crippen molar-refractivity contribution in [1.82, 2.24) is 0 Å². The monoisotopic (exact) mass is 299 g/mol. The molecule has 2 rings (SSSR count). The van der Waals surface area contributed by atoms with E-state index in [1.165, 1.54) is 11.3 Å². The molecule has 0 saturated heterocycles. The SMILES string of the molecule is COc1ccc(OC(C)CNc2ccccc2C(C)C)cc1. The van der Waals surface area contributed by atoms with Crippen molar-refractivity contribution in [2.45, 2.75) is 32.8 Å².